The second-order valence-corrected chi connectivity index (χ2v) is 7.62. The van der Waals surface area contributed by atoms with Crippen LogP contribution in [0.1, 0.15) is 67.2 Å². The van der Waals surface area contributed by atoms with Crippen molar-refractivity contribution in [2.45, 2.75) is 58.0 Å². The van der Waals surface area contributed by atoms with E-state index in [-0.39, 0.29) is 11.7 Å². The molecule has 0 bridgehead atoms. The van der Waals surface area contributed by atoms with Crippen molar-refractivity contribution in [1.82, 2.24) is 34.3 Å². The van der Waals surface area contributed by atoms with Crippen LogP contribution in [-0.4, -0.2) is 46.2 Å². The fraction of sp³-hybridized carbons (Fsp3) is 0.474. The molecule has 1 atom stereocenters. The molecular weight excluding hydrogens is 370 g/mol. The predicted octanol–water partition coefficient (Wildman–Crippen LogP) is 1.86. The van der Waals surface area contributed by atoms with E-state index in [2.05, 4.69) is 36.6 Å². The molecule has 3 aromatic heterocycles. The van der Waals surface area contributed by atoms with E-state index in [1.54, 1.807) is 17.0 Å². The number of aryl methyl sites for hydroxylation is 1. The standard InChI is InChI=1S/C19H23N9O/c1-3-14-18-25-24-11(2)27(18)15-8-21-19(26-9-13(16(20)29)22-10-26)23-17(15)28(14)12-6-4-5-7-12/h8-10,12,14H,3-7H2,1-2H3,(H2,20,29). The number of nitrogens with two attached hydrogens (primary N) is 1. The molecule has 10 nitrogen and oxygen atoms in total. The van der Waals surface area contributed by atoms with E-state index in [0.29, 0.717) is 12.0 Å². The summed E-state index contributed by atoms with van der Waals surface area (Å²) in [6.07, 6.45) is 10.5. The zero-order valence-electron chi connectivity index (χ0n) is 16.5. The molecule has 150 valence electrons. The van der Waals surface area contributed by atoms with Crippen molar-refractivity contribution in [2.24, 2.45) is 5.73 Å². The summed E-state index contributed by atoms with van der Waals surface area (Å²) >= 11 is 0. The van der Waals surface area contributed by atoms with Crippen LogP contribution in [0, 0.1) is 6.92 Å². The van der Waals surface area contributed by atoms with Gasteiger partial charge in [0.2, 0.25) is 5.95 Å². The Bertz CT molecular complexity index is 1080. The molecule has 1 unspecified atom stereocenters. The monoisotopic (exact) mass is 393 g/mol. The minimum atomic E-state index is -0.579. The number of hydrogen-bond donors (Lipinski definition) is 1. The number of anilines is 1. The molecule has 0 saturated heterocycles. The lowest BCUT2D eigenvalue weighted by Crippen LogP contribution is -2.42. The Labute approximate surface area is 167 Å². The number of carbonyl (C=O) groups excluding carboxylic acids is 1. The molecule has 0 aromatic carbocycles. The molecule has 10 heteroatoms. The fourth-order valence-electron chi connectivity index (χ4n) is 4.54. The maximum atomic E-state index is 11.4. The average Bonchev–Trinajstić information content (AvgIpc) is 3.47. The zero-order valence-corrected chi connectivity index (χ0v) is 16.5. The molecule has 2 aliphatic rings. The van der Waals surface area contributed by atoms with Gasteiger partial charge in [0.15, 0.2) is 11.6 Å². The van der Waals surface area contributed by atoms with Gasteiger partial charge in [-0.1, -0.05) is 19.8 Å². The molecule has 5 rings (SSSR count). The highest BCUT2D eigenvalue weighted by Crippen LogP contribution is 2.43. The summed E-state index contributed by atoms with van der Waals surface area (Å²) in [5, 5.41) is 8.81. The van der Waals surface area contributed by atoms with E-state index in [0.717, 1.165) is 42.4 Å². The minimum absolute atomic E-state index is 0.110. The normalized spacial score (nSPS) is 18.7. The van der Waals surface area contributed by atoms with Gasteiger partial charge >= 0.3 is 0 Å². The van der Waals surface area contributed by atoms with Crippen LogP contribution < -0.4 is 10.6 Å². The molecular formula is C19H23N9O. The van der Waals surface area contributed by atoms with Gasteiger partial charge in [-0.3, -0.25) is 13.9 Å². The Hall–Kier alpha value is -3.30. The van der Waals surface area contributed by atoms with Gasteiger partial charge in [-0.2, -0.15) is 4.98 Å². The van der Waals surface area contributed by atoms with Crippen LogP contribution in [0.4, 0.5) is 5.82 Å². The molecule has 29 heavy (non-hydrogen) atoms. The number of aromatic nitrogens is 7. The van der Waals surface area contributed by atoms with E-state index in [4.69, 9.17) is 10.7 Å². The van der Waals surface area contributed by atoms with Crippen LogP contribution in [0.3, 0.4) is 0 Å². The van der Waals surface area contributed by atoms with E-state index in [1.807, 2.05) is 6.92 Å². The van der Waals surface area contributed by atoms with E-state index >= 15 is 0 Å². The Morgan fingerprint density at radius 1 is 1.24 bits per heavy atom. The van der Waals surface area contributed by atoms with Crippen molar-refractivity contribution in [3.8, 4) is 11.6 Å². The van der Waals surface area contributed by atoms with E-state index < -0.39 is 5.91 Å². The second kappa shape index (κ2) is 6.64. The van der Waals surface area contributed by atoms with Crippen molar-refractivity contribution in [1.29, 1.82) is 0 Å². The topological polar surface area (TPSA) is 121 Å². The molecule has 1 saturated carbocycles. The number of rotatable bonds is 4. The predicted molar refractivity (Wildman–Crippen MR) is 105 cm³/mol. The largest absolute Gasteiger partial charge is 0.364 e. The van der Waals surface area contributed by atoms with Crippen LogP contribution in [-0.2, 0) is 0 Å². The first kappa shape index (κ1) is 17.8. The lowest BCUT2D eigenvalue weighted by atomic mass is 10.0. The van der Waals surface area contributed by atoms with Gasteiger partial charge < -0.3 is 10.6 Å². The Morgan fingerprint density at radius 3 is 2.72 bits per heavy atom. The molecule has 3 aromatic rings. The summed E-state index contributed by atoms with van der Waals surface area (Å²) in [5.41, 5.74) is 6.40. The average molecular weight is 393 g/mol. The van der Waals surface area contributed by atoms with Crippen LogP contribution in [0.25, 0.3) is 11.6 Å². The molecule has 0 radical (unpaired) electrons. The van der Waals surface area contributed by atoms with Gasteiger partial charge in [-0.15, -0.1) is 10.2 Å². The van der Waals surface area contributed by atoms with Gasteiger partial charge in [0.1, 0.15) is 23.5 Å². The van der Waals surface area contributed by atoms with Crippen LogP contribution >= 0.6 is 0 Å². The van der Waals surface area contributed by atoms with Gasteiger partial charge in [-0.25, -0.2) is 9.97 Å². The summed E-state index contributed by atoms with van der Waals surface area (Å²) in [6, 6.07) is 0.523. The third-order valence-corrected chi connectivity index (χ3v) is 5.88. The second-order valence-electron chi connectivity index (χ2n) is 7.62. The molecule has 1 fully saturated rings. The maximum absolute atomic E-state index is 11.4. The molecule has 1 aliphatic heterocycles. The summed E-state index contributed by atoms with van der Waals surface area (Å²) in [6.45, 7) is 4.12. The molecule has 2 N–H and O–H groups in total. The highest BCUT2D eigenvalue weighted by Gasteiger charge is 2.39. The van der Waals surface area contributed by atoms with Crippen molar-refractivity contribution < 1.29 is 4.79 Å². The highest BCUT2D eigenvalue weighted by atomic mass is 16.1. The first-order valence-corrected chi connectivity index (χ1v) is 10.00. The number of primary amides is 1. The smallest absolute Gasteiger partial charge is 0.268 e. The van der Waals surface area contributed by atoms with Crippen molar-refractivity contribution >= 4 is 11.7 Å². The van der Waals surface area contributed by atoms with E-state index in [9.17, 15) is 4.79 Å². The number of fused-ring (bicyclic) bond motifs is 3. The summed E-state index contributed by atoms with van der Waals surface area (Å²) < 4.78 is 3.68. The number of nitrogens with zero attached hydrogens (tertiary/aromatic N) is 8. The summed E-state index contributed by atoms with van der Waals surface area (Å²) in [4.78, 5) is 27.3. The third-order valence-electron chi connectivity index (χ3n) is 5.88. The Morgan fingerprint density at radius 2 is 2.03 bits per heavy atom. The lowest BCUT2D eigenvalue weighted by molar-refractivity contribution is 0.0996. The quantitative estimate of drug-likeness (QED) is 0.718. The molecule has 1 amide bonds. The van der Waals surface area contributed by atoms with Crippen LogP contribution in [0.15, 0.2) is 18.7 Å². The minimum Gasteiger partial charge on any atom is -0.364 e. The Kier molecular flexibility index (Phi) is 4.07. The Balaban J connectivity index is 1.68. The highest BCUT2D eigenvalue weighted by molar-refractivity contribution is 5.90. The first-order valence-electron chi connectivity index (χ1n) is 10.00. The van der Waals surface area contributed by atoms with Gasteiger partial charge in [-0.05, 0) is 26.2 Å². The molecule has 0 spiro atoms. The van der Waals surface area contributed by atoms with E-state index in [1.165, 1.54) is 19.2 Å². The number of hydrogen-bond acceptors (Lipinski definition) is 7. The van der Waals surface area contributed by atoms with Crippen molar-refractivity contribution in [2.75, 3.05) is 4.90 Å². The van der Waals surface area contributed by atoms with Crippen LogP contribution in [0.2, 0.25) is 0 Å². The first-order chi connectivity index (χ1) is 14.1. The summed E-state index contributed by atoms with van der Waals surface area (Å²) in [7, 11) is 0. The number of amides is 1. The molecule has 4 heterocycles. The van der Waals surface area contributed by atoms with Crippen molar-refractivity contribution in [3.63, 3.8) is 0 Å². The molecule has 1 aliphatic carbocycles. The number of imidazole rings is 1. The van der Waals surface area contributed by atoms with Gasteiger partial charge in [0.25, 0.3) is 5.91 Å². The van der Waals surface area contributed by atoms with Crippen LogP contribution in [0.5, 0.6) is 0 Å². The zero-order chi connectivity index (χ0) is 20.1. The lowest BCUT2D eigenvalue weighted by Gasteiger charge is -2.41. The number of carbonyl (C=O) groups is 1. The van der Waals surface area contributed by atoms with Crippen molar-refractivity contribution in [3.05, 3.63) is 36.1 Å². The SMILES string of the molecule is CCC1c2nnc(C)n2-c2cnc(-n3cnc(C(N)=O)c3)nc2N1C1CCCC1. The van der Waals surface area contributed by atoms with Gasteiger partial charge in [0, 0.05) is 12.2 Å². The van der Waals surface area contributed by atoms with Gasteiger partial charge in [0.05, 0.1) is 12.2 Å². The summed E-state index contributed by atoms with van der Waals surface area (Å²) in [5.74, 6) is 2.51. The fourth-order valence-corrected chi connectivity index (χ4v) is 4.54. The maximum Gasteiger partial charge on any atom is 0.268 e. The third kappa shape index (κ3) is 2.70.